The molecule has 0 heterocycles. The molecule has 0 spiro atoms. The number of hydrogen-bond donors (Lipinski definition) is 1. The van der Waals surface area contributed by atoms with Crippen LogP contribution in [0.5, 0.6) is 0 Å². The van der Waals surface area contributed by atoms with Gasteiger partial charge in [-0.15, -0.1) is 0 Å². The van der Waals surface area contributed by atoms with E-state index >= 15 is 0 Å². The summed E-state index contributed by atoms with van der Waals surface area (Å²) in [5.41, 5.74) is 1.83. The lowest BCUT2D eigenvalue weighted by atomic mass is 10.1. The molecule has 6 heteroatoms. The summed E-state index contributed by atoms with van der Waals surface area (Å²) in [6.07, 6.45) is -1.82. The van der Waals surface area contributed by atoms with E-state index in [2.05, 4.69) is 26.0 Å². The van der Waals surface area contributed by atoms with Gasteiger partial charge < -0.3 is 10.1 Å². The molecule has 0 radical (unpaired) electrons. The Morgan fingerprint density at radius 3 is 2.63 bits per heavy atom. The lowest BCUT2D eigenvalue weighted by Crippen LogP contribution is -2.17. The van der Waals surface area contributed by atoms with Crippen LogP contribution < -0.4 is 5.32 Å². The minimum absolute atomic E-state index is 0.0452. The van der Waals surface area contributed by atoms with Gasteiger partial charge in [-0.2, -0.15) is 13.2 Å². The number of rotatable bonds is 6. The summed E-state index contributed by atoms with van der Waals surface area (Å²) in [5.74, 6) is 0. The van der Waals surface area contributed by atoms with Gasteiger partial charge >= 0.3 is 6.18 Å². The minimum atomic E-state index is -4.28. The van der Waals surface area contributed by atoms with E-state index in [-0.39, 0.29) is 6.61 Å². The molecule has 2 rings (SSSR count). The highest BCUT2D eigenvalue weighted by atomic mass is 79.9. The van der Waals surface area contributed by atoms with Gasteiger partial charge in [-0.3, -0.25) is 0 Å². The van der Waals surface area contributed by atoms with Gasteiger partial charge in [0.15, 0.2) is 0 Å². The van der Waals surface area contributed by atoms with E-state index in [0.717, 1.165) is 22.1 Å². The smallest absolute Gasteiger partial charge is 0.367 e. The molecule has 1 N–H and O–H groups in total. The highest BCUT2D eigenvalue weighted by molar-refractivity contribution is 9.10. The first-order chi connectivity index (χ1) is 8.94. The molecule has 0 aromatic heterocycles. The van der Waals surface area contributed by atoms with Gasteiger partial charge in [0.1, 0.15) is 6.61 Å². The number of benzene rings is 1. The number of nitrogens with one attached hydrogen (secondary N) is 1. The molecule has 0 unspecified atom stereocenters. The molecule has 0 bridgehead atoms. The normalized spacial score (nSPS) is 15.8. The fraction of sp³-hybridized carbons (Fsp3) is 0.538. The number of hydrogen-bond acceptors (Lipinski definition) is 2. The van der Waals surface area contributed by atoms with Crippen LogP contribution in [-0.2, 0) is 17.9 Å². The molecule has 1 aromatic carbocycles. The third kappa shape index (κ3) is 5.50. The Kier molecular flexibility index (Phi) is 4.86. The summed E-state index contributed by atoms with van der Waals surface area (Å²) < 4.78 is 41.3. The zero-order valence-corrected chi connectivity index (χ0v) is 11.9. The van der Waals surface area contributed by atoms with Crippen LogP contribution in [0.2, 0.25) is 0 Å². The monoisotopic (exact) mass is 337 g/mol. The largest absolute Gasteiger partial charge is 0.411 e. The van der Waals surface area contributed by atoms with Crippen LogP contribution in [0.15, 0.2) is 22.7 Å². The van der Waals surface area contributed by atoms with Crippen molar-refractivity contribution in [2.75, 3.05) is 6.61 Å². The van der Waals surface area contributed by atoms with Crippen LogP contribution in [-0.4, -0.2) is 18.8 Å². The van der Waals surface area contributed by atoms with Crippen molar-refractivity contribution in [2.45, 2.75) is 38.2 Å². The summed E-state index contributed by atoms with van der Waals surface area (Å²) in [6, 6.07) is 6.26. The van der Waals surface area contributed by atoms with Crippen molar-refractivity contribution >= 4 is 15.9 Å². The van der Waals surface area contributed by atoms with Gasteiger partial charge in [-0.05, 0) is 30.0 Å². The molecule has 0 saturated heterocycles. The second kappa shape index (κ2) is 6.24. The molecular weight excluding hydrogens is 323 g/mol. The molecule has 1 aliphatic carbocycles. The van der Waals surface area contributed by atoms with Gasteiger partial charge in [-0.25, -0.2) is 0 Å². The quantitative estimate of drug-likeness (QED) is 0.852. The molecule has 1 fully saturated rings. The molecule has 19 heavy (non-hydrogen) atoms. The zero-order valence-electron chi connectivity index (χ0n) is 10.3. The van der Waals surface area contributed by atoms with Gasteiger partial charge in [0.05, 0.1) is 6.61 Å². The van der Waals surface area contributed by atoms with E-state index in [1.165, 1.54) is 12.8 Å². The average Bonchev–Trinajstić information content (AvgIpc) is 3.11. The highest BCUT2D eigenvalue weighted by Gasteiger charge is 2.27. The van der Waals surface area contributed by atoms with E-state index in [1.807, 2.05) is 12.1 Å². The first-order valence-electron chi connectivity index (χ1n) is 6.09. The zero-order chi connectivity index (χ0) is 13.9. The molecule has 1 saturated carbocycles. The van der Waals surface area contributed by atoms with Crippen LogP contribution in [0, 0.1) is 0 Å². The lowest BCUT2D eigenvalue weighted by molar-refractivity contribution is -0.176. The number of alkyl halides is 3. The molecule has 0 amide bonds. The average molecular weight is 338 g/mol. The van der Waals surface area contributed by atoms with Crippen molar-refractivity contribution in [2.24, 2.45) is 0 Å². The lowest BCUT2D eigenvalue weighted by Gasteiger charge is -2.10. The molecule has 1 aromatic rings. The predicted octanol–water partition coefficient (Wildman–Crippen LogP) is 3.78. The molecular formula is C13H15BrF3NO. The highest BCUT2D eigenvalue weighted by Crippen LogP contribution is 2.23. The molecule has 2 nitrogen and oxygen atoms in total. The summed E-state index contributed by atoms with van der Waals surface area (Å²) >= 11 is 3.36. The maximum atomic E-state index is 12.0. The standard InChI is InChI=1S/C13H15BrF3NO/c14-12-5-9(6-18-11-3-4-11)1-2-10(12)7-19-8-13(15,16)17/h1-2,5,11,18H,3-4,6-8H2. The van der Waals surface area contributed by atoms with Crippen molar-refractivity contribution in [3.05, 3.63) is 33.8 Å². The van der Waals surface area contributed by atoms with Gasteiger partial charge in [-0.1, -0.05) is 28.1 Å². The number of ether oxygens (including phenoxy) is 1. The summed E-state index contributed by atoms with van der Waals surface area (Å²) in [5, 5.41) is 3.38. The first-order valence-corrected chi connectivity index (χ1v) is 6.88. The second-order valence-electron chi connectivity index (χ2n) is 4.69. The van der Waals surface area contributed by atoms with Crippen molar-refractivity contribution in [3.8, 4) is 0 Å². The van der Waals surface area contributed by atoms with E-state index in [4.69, 9.17) is 0 Å². The maximum Gasteiger partial charge on any atom is 0.411 e. The fourth-order valence-electron chi connectivity index (χ4n) is 1.64. The van der Waals surface area contributed by atoms with Gasteiger partial charge in [0, 0.05) is 17.1 Å². The number of halogens is 4. The van der Waals surface area contributed by atoms with Crippen molar-refractivity contribution in [1.82, 2.24) is 5.32 Å². The Morgan fingerprint density at radius 1 is 1.32 bits per heavy atom. The van der Waals surface area contributed by atoms with Gasteiger partial charge in [0.25, 0.3) is 0 Å². The van der Waals surface area contributed by atoms with E-state index in [9.17, 15) is 13.2 Å². The van der Waals surface area contributed by atoms with Crippen molar-refractivity contribution in [1.29, 1.82) is 0 Å². The van der Waals surface area contributed by atoms with E-state index in [1.54, 1.807) is 6.07 Å². The van der Waals surface area contributed by atoms with E-state index < -0.39 is 12.8 Å². The van der Waals surface area contributed by atoms with E-state index in [0.29, 0.717) is 6.04 Å². The topological polar surface area (TPSA) is 21.3 Å². The van der Waals surface area contributed by atoms with Crippen molar-refractivity contribution in [3.63, 3.8) is 0 Å². The second-order valence-corrected chi connectivity index (χ2v) is 5.54. The molecule has 106 valence electrons. The third-order valence-electron chi connectivity index (χ3n) is 2.81. The van der Waals surface area contributed by atoms with Crippen LogP contribution in [0.1, 0.15) is 24.0 Å². The Labute approximate surface area is 118 Å². The van der Waals surface area contributed by atoms with Crippen LogP contribution in [0.25, 0.3) is 0 Å². The minimum Gasteiger partial charge on any atom is -0.367 e. The Bertz CT molecular complexity index is 432. The van der Waals surface area contributed by atoms with Crippen molar-refractivity contribution < 1.29 is 17.9 Å². The molecule has 0 aliphatic heterocycles. The van der Waals surface area contributed by atoms with Crippen LogP contribution in [0.3, 0.4) is 0 Å². The molecule has 0 atom stereocenters. The van der Waals surface area contributed by atoms with Crippen LogP contribution in [0.4, 0.5) is 13.2 Å². The summed E-state index contributed by atoms with van der Waals surface area (Å²) in [7, 11) is 0. The summed E-state index contributed by atoms with van der Waals surface area (Å²) in [6.45, 7) is -0.478. The maximum absolute atomic E-state index is 12.0. The third-order valence-corrected chi connectivity index (χ3v) is 3.55. The fourth-order valence-corrected chi connectivity index (χ4v) is 2.18. The first kappa shape index (κ1) is 14.8. The Balaban J connectivity index is 1.83. The Hall–Kier alpha value is -0.590. The molecule has 1 aliphatic rings. The Morgan fingerprint density at radius 2 is 2.05 bits per heavy atom. The SMILES string of the molecule is FC(F)(F)COCc1ccc(CNC2CC2)cc1Br. The van der Waals surface area contributed by atoms with Crippen LogP contribution >= 0.6 is 15.9 Å². The van der Waals surface area contributed by atoms with Gasteiger partial charge in [0.2, 0.25) is 0 Å². The summed E-state index contributed by atoms with van der Waals surface area (Å²) in [4.78, 5) is 0. The predicted molar refractivity (Wildman–Crippen MR) is 69.7 cm³/mol.